The van der Waals surface area contributed by atoms with Crippen molar-refractivity contribution < 1.29 is 4.74 Å². The Hall–Kier alpha value is -0.0800. The molecule has 6 heteroatoms. The van der Waals surface area contributed by atoms with Crippen LogP contribution in [0.5, 0.6) is 0 Å². The summed E-state index contributed by atoms with van der Waals surface area (Å²) in [4.78, 5) is 7.50. The number of ether oxygens (including phenoxy) is 1. The van der Waals surface area contributed by atoms with Gasteiger partial charge in [0.25, 0.3) is 0 Å². The third kappa shape index (κ3) is 8.30. The molecule has 0 aromatic rings. The van der Waals surface area contributed by atoms with Gasteiger partial charge in [0.1, 0.15) is 0 Å². The number of hydrogen-bond acceptors (Lipinski definition) is 3. The van der Waals surface area contributed by atoms with E-state index in [2.05, 4.69) is 29.4 Å². The van der Waals surface area contributed by atoms with Crippen molar-refractivity contribution in [2.24, 2.45) is 16.3 Å². The van der Waals surface area contributed by atoms with Gasteiger partial charge in [-0.3, -0.25) is 4.99 Å². The molecule has 0 radical (unpaired) electrons. The molecule has 0 aromatic carbocycles. The van der Waals surface area contributed by atoms with Crippen LogP contribution in [0.4, 0.5) is 0 Å². The van der Waals surface area contributed by atoms with Crippen molar-refractivity contribution in [2.75, 3.05) is 53.0 Å². The number of nitrogens with one attached hydrogen (secondary N) is 2. The molecule has 1 saturated heterocycles. The number of nitrogens with zero attached hydrogens (tertiary/aromatic N) is 2. The van der Waals surface area contributed by atoms with Gasteiger partial charge in [0.15, 0.2) is 5.96 Å². The third-order valence-corrected chi connectivity index (χ3v) is 5.85. The summed E-state index contributed by atoms with van der Waals surface area (Å²) in [7, 11) is 1.80. The average Bonchev–Trinajstić information content (AvgIpc) is 2.57. The number of methoxy groups -OCH3 is 1. The molecule has 154 valence electrons. The Kier molecular flexibility index (Phi) is 12.1. The molecule has 2 aliphatic rings. The number of halogens is 1. The Morgan fingerprint density at radius 3 is 2.69 bits per heavy atom. The summed E-state index contributed by atoms with van der Waals surface area (Å²) >= 11 is 0. The number of hydrogen-bond donors (Lipinski definition) is 2. The lowest BCUT2D eigenvalue weighted by molar-refractivity contribution is 0.0778. The van der Waals surface area contributed by atoms with Crippen LogP contribution in [0.3, 0.4) is 0 Å². The van der Waals surface area contributed by atoms with Crippen molar-refractivity contribution in [3.8, 4) is 0 Å². The van der Waals surface area contributed by atoms with E-state index in [1.54, 1.807) is 7.11 Å². The topological polar surface area (TPSA) is 48.9 Å². The third-order valence-electron chi connectivity index (χ3n) is 5.85. The molecule has 1 unspecified atom stereocenters. The lowest BCUT2D eigenvalue weighted by atomic mass is 9.67. The predicted octanol–water partition coefficient (Wildman–Crippen LogP) is 3.49. The zero-order valence-electron chi connectivity index (χ0n) is 17.2. The highest BCUT2D eigenvalue weighted by molar-refractivity contribution is 14.0. The molecule has 0 bridgehead atoms. The Labute approximate surface area is 178 Å². The highest BCUT2D eigenvalue weighted by Gasteiger charge is 2.36. The number of piperidine rings is 1. The largest absolute Gasteiger partial charge is 0.385 e. The smallest absolute Gasteiger partial charge is 0.191 e. The van der Waals surface area contributed by atoms with E-state index in [0.29, 0.717) is 5.41 Å². The van der Waals surface area contributed by atoms with Crippen LogP contribution in [0.1, 0.15) is 58.8 Å². The minimum absolute atomic E-state index is 0. The Bertz CT molecular complexity index is 401. The standard InChI is InChI=1S/C20H40N4O.HI/c1-4-21-19(23-17-20(9-6-10-20)11-15-25-3)22-12-7-14-24-13-5-8-18(2)16-24;/h18H,4-17H2,1-3H3,(H2,21,22,23);1H. The van der Waals surface area contributed by atoms with Crippen LogP contribution in [0, 0.1) is 11.3 Å². The molecule has 5 nitrogen and oxygen atoms in total. The van der Waals surface area contributed by atoms with Crippen LogP contribution >= 0.6 is 24.0 Å². The number of rotatable bonds is 10. The first-order valence-electron chi connectivity index (χ1n) is 10.4. The van der Waals surface area contributed by atoms with Crippen LogP contribution < -0.4 is 10.6 Å². The van der Waals surface area contributed by atoms with Gasteiger partial charge in [-0.05, 0) is 69.9 Å². The maximum absolute atomic E-state index is 5.29. The van der Waals surface area contributed by atoms with Crippen LogP contribution in [0.15, 0.2) is 4.99 Å². The summed E-state index contributed by atoms with van der Waals surface area (Å²) in [5.74, 6) is 1.85. The summed E-state index contributed by atoms with van der Waals surface area (Å²) in [6.45, 7) is 12.0. The Balaban J connectivity index is 0.00000338. The first kappa shape index (κ1) is 24.0. The van der Waals surface area contributed by atoms with Crippen LogP contribution in [-0.4, -0.2) is 63.8 Å². The molecule has 0 spiro atoms. The molecule has 0 aromatic heterocycles. The molecule has 2 rings (SSSR count). The van der Waals surface area contributed by atoms with Crippen LogP contribution in [-0.2, 0) is 4.74 Å². The first-order chi connectivity index (χ1) is 12.2. The fourth-order valence-electron chi connectivity index (χ4n) is 4.07. The zero-order chi connectivity index (χ0) is 18.0. The van der Waals surface area contributed by atoms with Gasteiger partial charge in [-0.25, -0.2) is 0 Å². The highest BCUT2D eigenvalue weighted by atomic mass is 127. The van der Waals surface area contributed by atoms with E-state index in [1.807, 2.05) is 0 Å². The van der Waals surface area contributed by atoms with Gasteiger partial charge in [0.2, 0.25) is 0 Å². The van der Waals surface area contributed by atoms with Crippen molar-refractivity contribution in [1.82, 2.24) is 15.5 Å². The monoisotopic (exact) mass is 480 g/mol. The summed E-state index contributed by atoms with van der Waals surface area (Å²) < 4.78 is 5.29. The molecule has 1 atom stereocenters. The molecular weight excluding hydrogens is 439 g/mol. The van der Waals surface area contributed by atoms with E-state index >= 15 is 0 Å². The molecular formula is C20H41IN4O. The van der Waals surface area contributed by atoms with E-state index in [-0.39, 0.29) is 24.0 Å². The molecule has 26 heavy (non-hydrogen) atoms. The fourth-order valence-corrected chi connectivity index (χ4v) is 4.07. The van der Waals surface area contributed by atoms with Gasteiger partial charge in [-0.2, -0.15) is 0 Å². The highest BCUT2D eigenvalue weighted by Crippen LogP contribution is 2.44. The summed E-state index contributed by atoms with van der Waals surface area (Å²) in [5.41, 5.74) is 0.391. The molecule has 1 aliphatic heterocycles. The molecule has 2 N–H and O–H groups in total. The maximum Gasteiger partial charge on any atom is 0.191 e. The molecule has 0 amide bonds. The van der Waals surface area contributed by atoms with Crippen molar-refractivity contribution >= 4 is 29.9 Å². The molecule has 1 heterocycles. The van der Waals surface area contributed by atoms with Crippen molar-refractivity contribution in [3.05, 3.63) is 0 Å². The summed E-state index contributed by atoms with van der Waals surface area (Å²) in [6, 6.07) is 0. The summed E-state index contributed by atoms with van der Waals surface area (Å²) in [6.07, 6.45) is 9.03. The van der Waals surface area contributed by atoms with E-state index in [9.17, 15) is 0 Å². The van der Waals surface area contributed by atoms with E-state index < -0.39 is 0 Å². The van der Waals surface area contributed by atoms with Crippen molar-refractivity contribution in [3.63, 3.8) is 0 Å². The van der Waals surface area contributed by atoms with Gasteiger partial charge >= 0.3 is 0 Å². The minimum Gasteiger partial charge on any atom is -0.385 e. The van der Waals surface area contributed by atoms with Crippen molar-refractivity contribution in [1.29, 1.82) is 0 Å². The first-order valence-corrected chi connectivity index (χ1v) is 10.4. The fraction of sp³-hybridized carbons (Fsp3) is 0.950. The SMILES string of the molecule is CCNC(=NCC1(CCOC)CCC1)NCCCN1CCCC(C)C1.I. The second-order valence-corrected chi connectivity index (χ2v) is 8.12. The Morgan fingerprint density at radius 1 is 1.27 bits per heavy atom. The van der Waals surface area contributed by atoms with Gasteiger partial charge in [0, 0.05) is 39.9 Å². The van der Waals surface area contributed by atoms with Gasteiger partial charge < -0.3 is 20.3 Å². The number of guanidine groups is 1. The van der Waals surface area contributed by atoms with E-state index in [0.717, 1.165) is 44.5 Å². The quantitative estimate of drug-likeness (QED) is 0.218. The second-order valence-electron chi connectivity index (χ2n) is 8.12. The minimum atomic E-state index is 0. The lowest BCUT2D eigenvalue weighted by Crippen LogP contribution is -2.41. The number of likely N-dealkylation sites (tertiary alicyclic amines) is 1. The van der Waals surface area contributed by atoms with Gasteiger partial charge in [0.05, 0.1) is 0 Å². The van der Waals surface area contributed by atoms with E-state index in [4.69, 9.17) is 9.73 Å². The predicted molar refractivity (Wildman–Crippen MR) is 122 cm³/mol. The average molecular weight is 480 g/mol. The summed E-state index contributed by atoms with van der Waals surface area (Å²) in [5, 5.41) is 6.93. The Morgan fingerprint density at radius 2 is 2.08 bits per heavy atom. The van der Waals surface area contributed by atoms with Crippen LogP contribution in [0.2, 0.25) is 0 Å². The second kappa shape index (κ2) is 13.2. The van der Waals surface area contributed by atoms with Crippen molar-refractivity contribution in [2.45, 2.75) is 58.8 Å². The maximum atomic E-state index is 5.29. The lowest BCUT2D eigenvalue weighted by Gasteiger charge is -2.40. The zero-order valence-corrected chi connectivity index (χ0v) is 19.5. The number of aliphatic imine (C=N–C) groups is 1. The molecule has 2 fully saturated rings. The van der Waals surface area contributed by atoms with E-state index in [1.165, 1.54) is 58.2 Å². The molecule has 1 saturated carbocycles. The van der Waals surface area contributed by atoms with Gasteiger partial charge in [-0.15, -0.1) is 24.0 Å². The van der Waals surface area contributed by atoms with Crippen LogP contribution in [0.25, 0.3) is 0 Å². The normalized spacial score (nSPS) is 23.0. The van der Waals surface area contributed by atoms with Gasteiger partial charge in [-0.1, -0.05) is 13.3 Å². The molecule has 1 aliphatic carbocycles.